The lowest BCUT2D eigenvalue weighted by atomic mass is 10.0. The number of phenolic OH excluding ortho intramolecular Hbond substituents is 1. The summed E-state index contributed by atoms with van der Waals surface area (Å²) < 4.78 is 0.655. The van der Waals surface area contributed by atoms with Crippen molar-refractivity contribution in [2.24, 2.45) is 5.10 Å². The van der Waals surface area contributed by atoms with Crippen molar-refractivity contribution in [1.29, 1.82) is 0 Å². The summed E-state index contributed by atoms with van der Waals surface area (Å²) in [7, 11) is 0. The quantitative estimate of drug-likeness (QED) is 0.533. The molecule has 0 spiro atoms. The smallest absolute Gasteiger partial charge is 0.139 e. The maximum atomic E-state index is 10.2. The van der Waals surface area contributed by atoms with Gasteiger partial charge >= 0.3 is 0 Å². The summed E-state index contributed by atoms with van der Waals surface area (Å²) in [6.07, 6.45) is 1.63. The maximum absolute atomic E-state index is 10.2. The van der Waals surface area contributed by atoms with Gasteiger partial charge in [0.2, 0.25) is 0 Å². The predicted molar refractivity (Wildman–Crippen MR) is 91.0 cm³/mol. The van der Waals surface area contributed by atoms with Crippen molar-refractivity contribution in [1.82, 2.24) is 0 Å². The highest BCUT2D eigenvalue weighted by atomic mass is 79.9. The third-order valence-electron chi connectivity index (χ3n) is 3.18. The molecule has 0 bridgehead atoms. The van der Waals surface area contributed by atoms with E-state index in [1.165, 1.54) is 0 Å². The molecule has 0 saturated carbocycles. The monoisotopic (exact) mass is 340 g/mol. The molecule has 0 atom stereocenters. The molecule has 104 valence electrons. The molecular formula is C17H13BrN2O. The Labute approximate surface area is 131 Å². The van der Waals surface area contributed by atoms with Gasteiger partial charge in [-0.2, -0.15) is 5.10 Å². The average molecular weight is 341 g/mol. The second-order valence-corrected chi connectivity index (χ2v) is 5.43. The Hall–Kier alpha value is -2.33. The second kappa shape index (κ2) is 5.97. The van der Waals surface area contributed by atoms with Crippen molar-refractivity contribution < 1.29 is 5.11 Å². The standard InChI is InChI=1S/C17H13BrN2O/c18-16-10-12-6-4-5-9-14(12)15(17(16)21)11-19-20-13-7-2-1-3-8-13/h1-11,20-21H/b19-11+. The van der Waals surface area contributed by atoms with Crippen LogP contribution >= 0.6 is 15.9 Å². The minimum Gasteiger partial charge on any atom is -0.506 e. The zero-order valence-electron chi connectivity index (χ0n) is 11.1. The van der Waals surface area contributed by atoms with Gasteiger partial charge in [-0.15, -0.1) is 0 Å². The SMILES string of the molecule is Oc1c(Br)cc2ccccc2c1/C=N/Nc1ccccc1. The molecule has 3 rings (SSSR count). The number of phenols is 1. The molecule has 2 N–H and O–H groups in total. The first-order valence-electron chi connectivity index (χ1n) is 6.50. The normalized spacial score (nSPS) is 11.1. The van der Waals surface area contributed by atoms with E-state index in [0.29, 0.717) is 10.0 Å². The number of aromatic hydroxyl groups is 1. The van der Waals surface area contributed by atoms with Crippen molar-refractivity contribution in [3.05, 3.63) is 70.7 Å². The largest absolute Gasteiger partial charge is 0.506 e. The minimum absolute atomic E-state index is 0.187. The fourth-order valence-electron chi connectivity index (χ4n) is 2.14. The number of hydrogen-bond donors (Lipinski definition) is 2. The molecule has 3 nitrogen and oxygen atoms in total. The number of hydrogen-bond acceptors (Lipinski definition) is 3. The van der Waals surface area contributed by atoms with Crippen LogP contribution in [0.3, 0.4) is 0 Å². The number of nitrogens with one attached hydrogen (secondary N) is 1. The van der Waals surface area contributed by atoms with E-state index < -0.39 is 0 Å². The summed E-state index contributed by atoms with van der Waals surface area (Å²) >= 11 is 3.37. The van der Waals surface area contributed by atoms with E-state index in [1.807, 2.05) is 60.7 Å². The van der Waals surface area contributed by atoms with Crippen LogP contribution in [0.4, 0.5) is 5.69 Å². The number of rotatable bonds is 3. The summed E-state index contributed by atoms with van der Waals surface area (Å²) in [6, 6.07) is 19.4. The summed E-state index contributed by atoms with van der Waals surface area (Å²) in [5, 5.41) is 16.4. The Morgan fingerprint density at radius 3 is 2.52 bits per heavy atom. The summed E-state index contributed by atoms with van der Waals surface area (Å²) in [5.74, 6) is 0.187. The van der Waals surface area contributed by atoms with E-state index in [9.17, 15) is 5.11 Å². The molecule has 0 radical (unpaired) electrons. The van der Waals surface area contributed by atoms with Crippen LogP contribution in [0.15, 0.2) is 70.2 Å². The number of nitrogens with zero attached hydrogens (tertiary/aromatic N) is 1. The van der Waals surface area contributed by atoms with Gasteiger partial charge in [0.1, 0.15) is 5.75 Å². The summed E-state index contributed by atoms with van der Waals surface area (Å²) in [5.41, 5.74) is 4.53. The average Bonchev–Trinajstić information content (AvgIpc) is 2.52. The molecule has 0 aliphatic carbocycles. The lowest BCUT2D eigenvalue weighted by Crippen LogP contribution is -1.92. The van der Waals surface area contributed by atoms with E-state index >= 15 is 0 Å². The number of hydrazone groups is 1. The summed E-state index contributed by atoms with van der Waals surface area (Å²) in [4.78, 5) is 0. The highest BCUT2D eigenvalue weighted by Gasteiger charge is 2.09. The van der Waals surface area contributed by atoms with E-state index in [1.54, 1.807) is 6.21 Å². The van der Waals surface area contributed by atoms with Crippen molar-refractivity contribution in [2.75, 3.05) is 5.43 Å². The molecule has 0 aliphatic heterocycles. The molecule has 0 aromatic heterocycles. The number of para-hydroxylation sites is 1. The van der Waals surface area contributed by atoms with Gasteiger partial charge in [0, 0.05) is 5.56 Å². The first-order chi connectivity index (χ1) is 10.3. The van der Waals surface area contributed by atoms with Gasteiger partial charge in [-0.1, -0.05) is 42.5 Å². The first-order valence-corrected chi connectivity index (χ1v) is 7.29. The lowest BCUT2D eigenvalue weighted by Gasteiger charge is -2.07. The fourth-order valence-corrected chi connectivity index (χ4v) is 2.60. The molecule has 0 saturated heterocycles. The lowest BCUT2D eigenvalue weighted by molar-refractivity contribution is 0.472. The molecule has 0 aliphatic rings. The zero-order chi connectivity index (χ0) is 14.7. The molecule has 0 unspecified atom stereocenters. The Morgan fingerprint density at radius 2 is 1.71 bits per heavy atom. The van der Waals surface area contributed by atoms with Crippen molar-refractivity contribution in [2.45, 2.75) is 0 Å². The maximum Gasteiger partial charge on any atom is 0.139 e. The number of benzene rings is 3. The Morgan fingerprint density at radius 1 is 1.00 bits per heavy atom. The van der Waals surface area contributed by atoms with Crippen molar-refractivity contribution in [3.63, 3.8) is 0 Å². The van der Waals surface area contributed by atoms with Gasteiger partial charge in [0.15, 0.2) is 0 Å². The highest BCUT2D eigenvalue weighted by Crippen LogP contribution is 2.33. The number of halogens is 1. The first kappa shape index (κ1) is 13.6. The molecule has 0 amide bonds. The van der Waals surface area contributed by atoms with Crippen molar-refractivity contribution >= 4 is 38.6 Å². The van der Waals surface area contributed by atoms with Crippen LogP contribution in [0.2, 0.25) is 0 Å². The van der Waals surface area contributed by atoms with Crippen LogP contribution in [-0.4, -0.2) is 11.3 Å². The van der Waals surface area contributed by atoms with Gasteiger partial charge in [0.05, 0.1) is 16.4 Å². The molecule has 21 heavy (non-hydrogen) atoms. The Kier molecular flexibility index (Phi) is 3.88. The van der Waals surface area contributed by atoms with E-state index in [4.69, 9.17) is 0 Å². The van der Waals surface area contributed by atoms with Crippen LogP contribution in [0.5, 0.6) is 5.75 Å². The fraction of sp³-hybridized carbons (Fsp3) is 0. The van der Waals surface area contributed by atoms with Crippen LogP contribution in [0.25, 0.3) is 10.8 Å². The zero-order valence-corrected chi connectivity index (χ0v) is 12.7. The van der Waals surface area contributed by atoms with Crippen LogP contribution in [-0.2, 0) is 0 Å². The van der Waals surface area contributed by atoms with Gasteiger partial charge in [-0.25, -0.2) is 0 Å². The van der Waals surface area contributed by atoms with E-state index in [-0.39, 0.29) is 5.75 Å². The number of anilines is 1. The Balaban J connectivity index is 1.98. The third-order valence-corrected chi connectivity index (χ3v) is 3.78. The summed E-state index contributed by atoms with van der Waals surface area (Å²) in [6.45, 7) is 0. The van der Waals surface area contributed by atoms with Crippen LogP contribution in [0, 0.1) is 0 Å². The molecular weight excluding hydrogens is 328 g/mol. The highest BCUT2D eigenvalue weighted by molar-refractivity contribution is 9.10. The third kappa shape index (κ3) is 2.90. The van der Waals surface area contributed by atoms with Gasteiger partial charge in [-0.05, 0) is 44.9 Å². The number of fused-ring (bicyclic) bond motifs is 1. The molecule has 4 heteroatoms. The van der Waals surface area contributed by atoms with Gasteiger partial charge < -0.3 is 5.11 Å². The minimum atomic E-state index is 0.187. The van der Waals surface area contributed by atoms with Crippen LogP contribution in [0.1, 0.15) is 5.56 Å². The molecule has 0 fully saturated rings. The molecule has 3 aromatic carbocycles. The molecule has 3 aromatic rings. The van der Waals surface area contributed by atoms with Gasteiger partial charge in [-0.3, -0.25) is 5.43 Å². The van der Waals surface area contributed by atoms with Crippen LogP contribution < -0.4 is 5.43 Å². The Bertz CT molecular complexity index is 800. The molecule has 0 heterocycles. The second-order valence-electron chi connectivity index (χ2n) is 4.58. The predicted octanol–water partition coefficient (Wildman–Crippen LogP) is 4.75. The van der Waals surface area contributed by atoms with E-state index in [0.717, 1.165) is 16.5 Å². The van der Waals surface area contributed by atoms with E-state index in [2.05, 4.69) is 26.5 Å². The topological polar surface area (TPSA) is 44.6 Å². The van der Waals surface area contributed by atoms with Gasteiger partial charge in [0.25, 0.3) is 0 Å². The van der Waals surface area contributed by atoms with Crippen molar-refractivity contribution in [3.8, 4) is 5.75 Å².